The fourth-order valence-corrected chi connectivity index (χ4v) is 2.58. The lowest BCUT2D eigenvalue weighted by Crippen LogP contribution is -2.27. The second kappa shape index (κ2) is 6.22. The quantitative estimate of drug-likeness (QED) is 0.825. The van der Waals surface area contributed by atoms with Crippen LogP contribution < -0.4 is 0 Å². The average molecular weight is 279 g/mol. The van der Waals surface area contributed by atoms with Gasteiger partial charge in [0.2, 0.25) is 0 Å². The zero-order chi connectivity index (χ0) is 13.7. The van der Waals surface area contributed by atoms with Gasteiger partial charge in [-0.2, -0.15) is 5.10 Å². The van der Waals surface area contributed by atoms with E-state index in [-0.39, 0.29) is 0 Å². The summed E-state index contributed by atoms with van der Waals surface area (Å²) >= 11 is 5.85. The number of hydrogen-bond acceptors (Lipinski definition) is 2. The van der Waals surface area contributed by atoms with E-state index in [0.717, 1.165) is 17.5 Å². The Morgan fingerprint density at radius 2 is 2.00 bits per heavy atom. The zero-order valence-electron chi connectivity index (χ0n) is 11.1. The minimum absolute atomic E-state index is 0.443. The minimum atomic E-state index is -0.862. The predicted octanol–water partition coefficient (Wildman–Crippen LogP) is 2.87. The van der Waals surface area contributed by atoms with Gasteiger partial charge in [-0.3, -0.25) is 4.68 Å². The molecule has 4 heteroatoms. The van der Waals surface area contributed by atoms with Crippen molar-refractivity contribution in [2.24, 2.45) is 7.05 Å². The molecule has 1 atom stereocenters. The summed E-state index contributed by atoms with van der Waals surface area (Å²) < 4.78 is 1.78. The number of alkyl halides is 1. The van der Waals surface area contributed by atoms with Gasteiger partial charge in [0.25, 0.3) is 0 Å². The normalized spacial score (nSPS) is 14.3. The molecule has 0 aliphatic heterocycles. The molecule has 0 aliphatic rings. The lowest BCUT2D eigenvalue weighted by molar-refractivity contribution is 0.0245. The summed E-state index contributed by atoms with van der Waals surface area (Å²) in [5.74, 6) is 0.443. The molecule has 102 valence electrons. The maximum atomic E-state index is 10.8. The van der Waals surface area contributed by atoms with E-state index >= 15 is 0 Å². The molecule has 1 unspecified atom stereocenters. The van der Waals surface area contributed by atoms with Gasteiger partial charge in [0.1, 0.15) is 0 Å². The third-order valence-corrected chi connectivity index (χ3v) is 3.59. The standard InChI is InChI=1S/C15H19ClN2O/c1-18-12-13(11-17-18)7-8-15(19,9-10-16)14-5-3-2-4-6-14/h2-6,11-12,19H,7-10H2,1H3. The predicted molar refractivity (Wildman–Crippen MR) is 77.2 cm³/mol. The summed E-state index contributed by atoms with van der Waals surface area (Å²) in [6.45, 7) is 0. The molecule has 0 bridgehead atoms. The molecular formula is C15H19ClN2O. The Balaban J connectivity index is 2.11. The van der Waals surface area contributed by atoms with Crippen LogP contribution in [0.5, 0.6) is 0 Å². The van der Waals surface area contributed by atoms with Crippen molar-refractivity contribution in [3.63, 3.8) is 0 Å². The molecule has 19 heavy (non-hydrogen) atoms. The molecule has 0 radical (unpaired) electrons. The van der Waals surface area contributed by atoms with Gasteiger partial charge >= 0.3 is 0 Å². The van der Waals surface area contributed by atoms with Crippen LogP contribution in [-0.2, 0) is 19.1 Å². The molecule has 1 heterocycles. The SMILES string of the molecule is Cn1cc(CCC(O)(CCCl)c2ccccc2)cn1. The Morgan fingerprint density at radius 3 is 2.58 bits per heavy atom. The van der Waals surface area contributed by atoms with Gasteiger partial charge in [0.15, 0.2) is 0 Å². The Kier molecular flexibility index (Phi) is 4.61. The number of halogens is 1. The summed E-state index contributed by atoms with van der Waals surface area (Å²) in [4.78, 5) is 0. The summed E-state index contributed by atoms with van der Waals surface area (Å²) in [6.07, 6.45) is 5.81. The van der Waals surface area contributed by atoms with E-state index in [1.165, 1.54) is 0 Å². The molecule has 0 amide bonds. The number of benzene rings is 1. The highest BCUT2D eigenvalue weighted by molar-refractivity contribution is 6.17. The van der Waals surface area contributed by atoms with Gasteiger partial charge in [0, 0.05) is 19.1 Å². The molecule has 0 saturated heterocycles. The molecule has 0 aliphatic carbocycles. The van der Waals surface area contributed by atoms with Crippen molar-refractivity contribution >= 4 is 11.6 Å². The maximum Gasteiger partial charge on any atom is 0.0911 e. The van der Waals surface area contributed by atoms with Crippen LogP contribution in [0.3, 0.4) is 0 Å². The van der Waals surface area contributed by atoms with Gasteiger partial charge in [0.05, 0.1) is 11.8 Å². The maximum absolute atomic E-state index is 10.8. The molecule has 1 aromatic heterocycles. The molecule has 0 fully saturated rings. The van der Waals surface area contributed by atoms with E-state index < -0.39 is 5.60 Å². The monoisotopic (exact) mass is 278 g/mol. The van der Waals surface area contributed by atoms with Crippen molar-refractivity contribution in [2.75, 3.05) is 5.88 Å². The number of aromatic nitrogens is 2. The number of nitrogens with zero attached hydrogens (tertiary/aromatic N) is 2. The van der Waals surface area contributed by atoms with Crippen LogP contribution in [0, 0.1) is 0 Å². The summed E-state index contributed by atoms with van der Waals surface area (Å²) in [6, 6.07) is 9.74. The highest BCUT2D eigenvalue weighted by Crippen LogP contribution is 2.30. The third kappa shape index (κ3) is 3.58. The van der Waals surface area contributed by atoms with Crippen LogP contribution >= 0.6 is 11.6 Å². The molecule has 2 aromatic rings. The number of rotatable bonds is 6. The number of hydrogen-bond donors (Lipinski definition) is 1. The summed E-state index contributed by atoms with van der Waals surface area (Å²) in [5, 5.41) is 15.0. The molecule has 1 aromatic carbocycles. The van der Waals surface area contributed by atoms with Crippen molar-refractivity contribution < 1.29 is 5.11 Å². The topological polar surface area (TPSA) is 38.0 Å². The fraction of sp³-hybridized carbons (Fsp3) is 0.400. The second-order valence-electron chi connectivity index (χ2n) is 4.86. The zero-order valence-corrected chi connectivity index (χ0v) is 11.8. The van der Waals surface area contributed by atoms with Crippen molar-refractivity contribution in [2.45, 2.75) is 24.9 Å². The number of aryl methyl sites for hydroxylation is 2. The smallest absolute Gasteiger partial charge is 0.0911 e. The van der Waals surface area contributed by atoms with Crippen LogP contribution in [0.4, 0.5) is 0 Å². The first-order chi connectivity index (χ1) is 9.14. The average Bonchev–Trinajstić information content (AvgIpc) is 2.84. The van der Waals surface area contributed by atoms with Crippen molar-refractivity contribution in [3.8, 4) is 0 Å². The van der Waals surface area contributed by atoms with Crippen LogP contribution in [0.1, 0.15) is 24.0 Å². The van der Waals surface area contributed by atoms with E-state index in [4.69, 9.17) is 11.6 Å². The van der Waals surface area contributed by atoms with Crippen LogP contribution in [-0.4, -0.2) is 20.8 Å². The third-order valence-electron chi connectivity index (χ3n) is 3.40. The lowest BCUT2D eigenvalue weighted by atomic mass is 9.86. The fourth-order valence-electron chi connectivity index (χ4n) is 2.27. The van der Waals surface area contributed by atoms with Crippen molar-refractivity contribution in [3.05, 3.63) is 53.9 Å². The van der Waals surface area contributed by atoms with Gasteiger partial charge < -0.3 is 5.11 Å². The first kappa shape index (κ1) is 14.1. The number of aliphatic hydroxyl groups is 1. The first-order valence-electron chi connectivity index (χ1n) is 6.45. The highest BCUT2D eigenvalue weighted by Gasteiger charge is 2.28. The molecule has 1 N–H and O–H groups in total. The molecule has 0 spiro atoms. The van der Waals surface area contributed by atoms with Crippen LogP contribution in [0.2, 0.25) is 0 Å². The molecule has 2 rings (SSSR count). The molecule has 0 saturated carbocycles. The molecule has 3 nitrogen and oxygen atoms in total. The largest absolute Gasteiger partial charge is 0.385 e. The summed E-state index contributed by atoms with van der Waals surface area (Å²) in [5.41, 5.74) is 1.20. The van der Waals surface area contributed by atoms with E-state index in [2.05, 4.69) is 5.10 Å². The second-order valence-corrected chi connectivity index (χ2v) is 5.24. The molecular weight excluding hydrogens is 260 g/mol. The van der Waals surface area contributed by atoms with Gasteiger partial charge in [-0.1, -0.05) is 30.3 Å². The van der Waals surface area contributed by atoms with Gasteiger partial charge in [-0.05, 0) is 30.4 Å². The van der Waals surface area contributed by atoms with E-state index in [0.29, 0.717) is 18.7 Å². The Bertz CT molecular complexity index is 512. The van der Waals surface area contributed by atoms with Gasteiger partial charge in [-0.25, -0.2) is 0 Å². The van der Waals surface area contributed by atoms with E-state index in [9.17, 15) is 5.11 Å². The van der Waals surface area contributed by atoms with Crippen LogP contribution in [0.15, 0.2) is 42.7 Å². The van der Waals surface area contributed by atoms with Gasteiger partial charge in [-0.15, -0.1) is 11.6 Å². The van der Waals surface area contributed by atoms with Crippen molar-refractivity contribution in [1.82, 2.24) is 9.78 Å². The van der Waals surface area contributed by atoms with Crippen LogP contribution in [0.25, 0.3) is 0 Å². The van der Waals surface area contributed by atoms with E-state index in [1.54, 1.807) is 4.68 Å². The Morgan fingerprint density at radius 1 is 1.26 bits per heavy atom. The Hall–Kier alpha value is -1.32. The Labute approximate surface area is 118 Å². The van der Waals surface area contributed by atoms with Crippen molar-refractivity contribution in [1.29, 1.82) is 0 Å². The summed E-state index contributed by atoms with van der Waals surface area (Å²) in [7, 11) is 1.89. The van der Waals surface area contributed by atoms with E-state index in [1.807, 2.05) is 49.8 Å². The lowest BCUT2D eigenvalue weighted by Gasteiger charge is -2.28. The first-order valence-corrected chi connectivity index (χ1v) is 6.99. The minimum Gasteiger partial charge on any atom is -0.385 e. The highest BCUT2D eigenvalue weighted by atomic mass is 35.5.